The maximum Gasteiger partial charge on any atom is 0.338 e. The highest BCUT2D eigenvalue weighted by atomic mass is 16.9. The predicted molar refractivity (Wildman–Crippen MR) is 198 cm³/mol. The van der Waals surface area contributed by atoms with E-state index in [1.54, 1.807) is 6.92 Å². The van der Waals surface area contributed by atoms with Gasteiger partial charge in [0, 0.05) is 71.3 Å². The van der Waals surface area contributed by atoms with Gasteiger partial charge < -0.3 is 62.0 Å². The predicted octanol–water partition coefficient (Wildman–Crippen LogP) is 2.33. The quantitative estimate of drug-likeness (QED) is 0.140. The van der Waals surface area contributed by atoms with Gasteiger partial charge in [0.15, 0.2) is 17.8 Å². The monoisotopic (exact) mass is 874 g/mol. The number of hydrogen-bond donors (Lipinski definition) is 2. The van der Waals surface area contributed by atoms with Gasteiger partial charge in [0.25, 0.3) is 5.97 Å². The molecule has 15 atom stereocenters. The summed E-state index contributed by atoms with van der Waals surface area (Å²) in [4.78, 5) is 96.3. The molecule has 338 valence electrons. The van der Waals surface area contributed by atoms with Crippen molar-refractivity contribution in [3.05, 3.63) is 35.5 Å². The van der Waals surface area contributed by atoms with Crippen LogP contribution in [0.1, 0.15) is 93.2 Å². The van der Waals surface area contributed by atoms with Gasteiger partial charge >= 0.3 is 41.8 Å². The van der Waals surface area contributed by atoms with E-state index in [9.17, 15) is 39.0 Å². The van der Waals surface area contributed by atoms with Crippen molar-refractivity contribution in [2.24, 2.45) is 28.1 Å². The van der Waals surface area contributed by atoms with Gasteiger partial charge in [0.2, 0.25) is 5.60 Å². The molecule has 1 aromatic heterocycles. The van der Waals surface area contributed by atoms with E-state index in [-0.39, 0.29) is 18.4 Å². The summed E-state index contributed by atoms with van der Waals surface area (Å²) in [5.74, 6) is -12.8. The number of aliphatic hydroxyl groups is 2. The van der Waals surface area contributed by atoms with Crippen molar-refractivity contribution in [2.45, 2.75) is 140 Å². The molecule has 4 aliphatic carbocycles. The molecule has 7 fully saturated rings. The molecule has 8 rings (SSSR count). The lowest BCUT2D eigenvalue weighted by Gasteiger charge is -2.79. The lowest BCUT2D eigenvalue weighted by molar-refractivity contribution is -0.496. The average Bonchev–Trinajstić information content (AvgIpc) is 3.88. The summed E-state index contributed by atoms with van der Waals surface area (Å²) in [6.45, 7) is 10.5. The molecule has 0 amide bonds. The molecule has 4 saturated carbocycles. The second-order valence-electron chi connectivity index (χ2n) is 18.0. The molecule has 62 heavy (non-hydrogen) atoms. The Bertz CT molecular complexity index is 2200. The second-order valence-corrected chi connectivity index (χ2v) is 18.0. The summed E-state index contributed by atoms with van der Waals surface area (Å²) in [6, 6.07) is 1.43. The first-order valence-electron chi connectivity index (χ1n) is 20.3. The Kier molecular flexibility index (Phi) is 9.48. The van der Waals surface area contributed by atoms with Crippen molar-refractivity contribution in [1.29, 1.82) is 0 Å². The number of furan rings is 1. The van der Waals surface area contributed by atoms with Crippen molar-refractivity contribution in [3.8, 4) is 0 Å². The Morgan fingerprint density at radius 3 is 2.15 bits per heavy atom. The number of fused-ring (bicyclic) bond motifs is 3. The van der Waals surface area contributed by atoms with Gasteiger partial charge in [0.05, 0.1) is 36.0 Å². The zero-order chi connectivity index (χ0) is 45.5. The van der Waals surface area contributed by atoms with Crippen LogP contribution in [0.25, 0.3) is 0 Å². The maximum absolute atomic E-state index is 15.2. The first-order chi connectivity index (χ1) is 28.9. The maximum atomic E-state index is 15.2. The SMILES string of the molecule is CC/C(O)=C1/C(=O)O[C@@H]2[C@@]3(OC(C)=O)[C@@H](OC(C)=O)[C@@]4(C)C[C@]35OC3(C)O[C@]26[C@H]1[C@](C)([C@@H](OC(C)=O)c1ccoc1)[C@@H](OC(C)=O)[C@@H](O)[C@]6(O3)[C@]5(COC(C)=O)[C@H]4CC(=O)OC. The molecule has 0 radical (unpaired) electrons. The molecule has 4 heterocycles. The first-order valence-corrected chi connectivity index (χ1v) is 20.3. The Hall–Kier alpha value is -5.05. The third-order valence-electron chi connectivity index (χ3n) is 14.9. The molecule has 3 saturated heterocycles. The Labute approximate surface area is 354 Å². The fourth-order valence-corrected chi connectivity index (χ4v) is 13.8. The number of carbonyl (C=O) groups excluding carboxylic acids is 7. The van der Waals surface area contributed by atoms with Crippen LogP contribution in [0, 0.1) is 28.1 Å². The van der Waals surface area contributed by atoms with Crippen LogP contribution >= 0.6 is 0 Å². The minimum atomic E-state index is -2.60. The van der Waals surface area contributed by atoms with Gasteiger partial charge in [0.1, 0.15) is 41.9 Å². The van der Waals surface area contributed by atoms with E-state index in [0.29, 0.717) is 0 Å². The number of esters is 7. The standard InChI is InChI=1S/C42H50O20/c1-11-24(48)27-28-36(8,30(55-19(3)44)23-12-13-53-15-23)31(56-20(4)45)29(50)42-38(17-54-18(2)43)25(14-26(49)52-10)35(7)16-39(38)41(59-22(6)47,33(35)57-21(5)46)34(58-32(27)51)40(28,42)61-37(9,60-39)62-42/h12-13,15,25,28-31,33-34,48,50H,11,14,16-17H2,1-10H3/b27-24-/t25-,28+,29+,30-,31-,33-,34-,35-,36+,37?,38+,39+,40+,41-,42-/m0/s1. The topological polar surface area (TPSA) is 265 Å². The van der Waals surface area contributed by atoms with Gasteiger partial charge in [-0.1, -0.05) is 20.8 Å². The molecule has 4 bridgehead atoms. The molecular formula is C42H50O20. The largest absolute Gasteiger partial charge is 0.512 e. The van der Waals surface area contributed by atoms with E-state index in [2.05, 4.69) is 0 Å². The van der Waals surface area contributed by atoms with Crippen LogP contribution < -0.4 is 0 Å². The van der Waals surface area contributed by atoms with Crippen LogP contribution in [-0.4, -0.2) is 119 Å². The van der Waals surface area contributed by atoms with Crippen molar-refractivity contribution in [1.82, 2.24) is 0 Å². The summed E-state index contributed by atoms with van der Waals surface area (Å²) in [5.41, 5.74) is -16.4. The molecule has 1 aromatic rings. The van der Waals surface area contributed by atoms with Crippen LogP contribution in [0.15, 0.2) is 34.3 Å². The fourth-order valence-electron chi connectivity index (χ4n) is 13.8. The van der Waals surface area contributed by atoms with Crippen molar-refractivity contribution in [2.75, 3.05) is 13.7 Å². The van der Waals surface area contributed by atoms with E-state index in [1.807, 2.05) is 0 Å². The van der Waals surface area contributed by atoms with Gasteiger partial charge in [-0.25, -0.2) is 4.79 Å². The molecule has 3 aliphatic heterocycles. The first kappa shape index (κ1) is 43.6. The highest BCUT2D eigenvalue weighted by Crippen LogP contribution is 2.91. The van der Waals surface area contributed by atoms with Gasteiger partial charge in [-0.3, -0.25) is 28.8 Å². The number of aliphatic hydroxyl groups excluding tert-OH is 2. The van der Waals surface area contributed by atoms with Crippen molar-refractivity contribution < 1.29 is 95.6 Å². The molecule has 20 heteroatoms. The van der Waals surface area contributed by atoms with E-state index in [1.165, 1.54) is 39.4 Å². The Morgan fingerprint density at radius 1 is 0.919 bits per heavy atom. The second kappa shape index (κ2) is 13.5. The highest BCUT2D eigenvalue weighted by molar-refractivity contribution is 5.93. The summed E-state index contributed by atoms with van der Waals surface area (Å²) in [7, 11) is 1.13. The number of ether oxygens (including phenoxy) is 10. The van der Waals surface area contributed by atoms with Crippen LogP contribution in [0.4, 0.5) is 0 Å². The number of allylic oxidation sites excluding steroid dienone is 1. The average molecular weight is 875 g/mol. The van der Waals surface area contributed by atoms with Gasteiger partial charge in [-0.05, 0) is 18.4 Å². The van der Waals surface area contributed by atoms with Crippen molar-refractivity contribution >= 4 is 41.8 Å². The zero-order valence-electron chi connectivity index (χ0n) is 35.8. The summed E-state index contributed by atoms with van der Waals surface area (Å²) in [5, 5.41) is 25.9. The van der Waals surface area contributed by atoms with Crippen molar-refractivity contribution in [3.63, 3.8) is 0 Å². The van der Waals surface area contributed by atoms with E-state index >= 15 is 4.79 Å². The fraction of sp³-hybridized carbons (Fsp3) is 0.690. The summed E-state index contributed by atoms with van der Waals surface area (Å²) < 4.78 is 69.6. The molecular weight excluding hydrogens is 824 g/mol. The number of methoxy groups -OCH3 is 1. The third-order valence-corrected chi connectivity index (χ3v) is 14.9. The number of hydrogen-bond acceptors (Lipinski definition) is 20. The molecule has 3 spiro atoms. The van der Waals surface area contributed by atoms with E-state index < -0.39 is 153 Å². The smallest absolute Gasteiger partial charge is 0.338 e. The lowest BCUT2D eigenvalue weighted by atomic mass is 9.31. The minimum Gasteiger partial charge on any atom is -0.512 e. The molecule has 0 aromatic carbocycles. The number of carbonyl (C=O) groups is 7. The Balaban J connectivity index is 1.64. The molecule has 7 aliphatic rings. The van der Waals surface area contributed by atoms with Crippen LogP contribution in [0.3, 0.4) is 0 Å². The van der Waals surface area contributed by atoms with E-state index in [0.717, 1.165) is 41.7 Å². The Morgan fingerprint density at radius 2 is 1.60 bits per heavy atom. The zero-order valence-corrected chi connectivity index (χ0v) is 35.8. The van der Waals surface area contributed by atoms with Gasteiger partial charge in [-0.15, -0.1) is 0 Å². The van der Waals surface area contributed by atoms with E-state index in [4.69, 9.17) is 51.8 Å². The molecule has 20 nitrogen and oxygen atoms in total. The van der Waals surface area contributed by atoms with Gasteiger partial charge in [-0.2, -0.15) is 0 Å². The summed E-state index contributed by atoms with van der Waals surface area (Å²) >= 11 is 0. The highest BCUT2D eigenvalue weighted by Gasteiger charge is 3.09. The third kappa shape index (κ3) is 4.78. The lowest BCUT2D eigenvalue weighted by Crippen LogP contribution is -2.99. The number of rotatable bonds is 11. The molecule has 1 unspecified atom stereocenters. The van der Waals surface area contributed by atoms with Crippen LogP contribution in [0.5, 0.6) is 0 Å². The molecule has 2 N–H and O–H groups in total. The van der Waals surface area contributed by atoms with Crippen LogP contribution in [-0.2, 0) is 80.9 Å². The summed E-state index contributed by atoms with van der Waals surface area (Å²) in [6.07, 6.45) is -8.18. The minimum absolute atomic E-state index is 0.127. The normalized spacial score (nSPS) is 44.9. The van der Waals surface area contributed by atoms with Crippen LogP contribution in [0.2, 0.25) is 0 Å².